The van der Waals surface area contributed by atoms with E-state index < -0.39 is 0 Å². The van der Waals surface area contributed by atoms with Crippen LogP contribution in [0.25, 0.3) is 0 Å². The van der Waals surface area contributed by atoms with E-state index in [-0.39, 0.29) is 24.9 Å². The zero-order chi connectivity index (χ0) is 18.4. The van der Waals surface area contributed by atoms with E-state index in [1.807, 2.05) is 0 Å². The summed E-state index contributed by atoms with van der Waals surface area (Å²) in [4.78, 5) is 25.7. The van der Waals surface area contributed by atoms with Gasteiger partial charge in [-0.3, -0.25) is 14.5 Å². The second kappa shape index (κ2) is 9.06. The van der Waals surface area contributed by atoms with Crippen LogP contribution in [0, 0.1) is 0 Å². The van der Waals surface area contributed by atoms with E-state index in [2.05, 4.69) is 10.6 Å². The summed E-state index contributed by atoms with van der Waals surface area (Å²) in [7, 11) is 1.65. The van der Waals surface area contributed by atoms with Crippen molar-refractivity contribution in [1.82, 2.24) is 4.90 Å². The van der Waals surface area contributed by atoms with Crippen LogP contribution >= 0.6 is 34.8 Å². The molecule has 0 saturated carbocycles. The van der Waals surface area contributed by atoms with Crippen LogP contribution in [-0.2, 0) is 9.59 Å². The molecule has 0 radical (unpaired) electrons. The van der Waals surface area contributed by atoms with E-state index in [9.17, 15) is 9.59 Å². The molecule has 2 aromatic rings. The number of hydrogen-bond donors (Lipinski definition) is 2. The molecular formula is C17H16Cl3N3O2. The van der Waals surface area contributed by atoms with Crippen LogP contribution < -0.4 is 10.6 Å². The van der Waals surface area contributed by atoms with Crippen LogP contribution in [0.1, 0.15) is 0 Å². The summed E-state index contributed by atoms with van der Waals surface area (Å²) in [5, 5.41) is 6.48. The number of benzene rings is 2. The third-order valence-corrected chi connectivity index (χ3v) is 4.16. The summed E-state index contributed by atoms with van der Waals surface area (Å²) in [6, 6.07) is 11.9. The summed E-state index contributed by atoms with van der Waals surface area (Å²) in [5.74, 6) is -0.609. The summed E-state index contributed by atoms with van der Waals surface area (Å²) < 4.78 is 0. The van der Waals surface area contributed by atoms with Gasteiger partial charge in [-0.2, -0.15) is 0 Å². The Labute approximate surface area is 160 Å². The third-order valence-electron chi connectivity index (χ3n) is 3.20. The zero-order valence-electron chi connectivity index (χ0n) is 13.4. The van der Waals surface area contributed by atoms with Crippen molar-refractivity contribution in [2.75, 3.05) is 30.8 Å². The number of nitrogens with one attached hydrogen (secondary N) is 2. The summed E-state index contributed by atoms with van der Waals surface area (Å²) in [6.45, 7) is 0.0202. The molecule has 5 nitrogen and oxygen atoms in total. The molecule has 0 fully saturated rings. The topological polar surface area (TPSA) is 61.4 Å². The summed E-state index contributed by atoms with van der Waals surface area (Å²) in [5.41, 5.74) is 0.875. The molecule has 0 aliphatic carbocycles. The molecular weight excluding hydrogens is 385 g/mol. The van der Waals surface area contributed by atoms with Crippen molar-refractivity contribution in [1.29, 1.82) is 0 Å². The van der Waals surface area contributed by atoms with Crippen LogP contribution in [0.4, 0.5) is 11.4 Å². The third kappa shape index (κ3) is 5.90. The maximum Gasteiger partial charge on any atom is 0.238 e. The molecule has 2 aromatic carbocycles. The highest BCUT2D eigenvalue weighted by molar-refractivity contribution is 6.39. The lowest BCUT2D eigenvalue weighted by Gasteiger charge is -2.17. The summed E-state index contributed by atoms with van der Waals surface area (Å²) >= 11 is 18.0. The van der Waals surface area contributed by atoms with E-state index in [0.717, 1.165) is 0 Å². The molecule has 0 spiro atoms. The number of halogens is 3. The van der Waals surface area contributed by atoms with Gasteiger partial charge in [0.15, 0.2) is 0 Å². The highest BCUT2D eigenvalue weighted by atomic mass is 35.5. The fourth-order valence-corrected chi connectivity index (χ4v) is 2.77. The van der Waals surface area contributed by atoms with Crippen molar-refractivity contribution in [2.45, 2.75) is 0 Å². The Morgan fingerprint density at radius 2 is 1.36 bits per heavy atom. The second-order valence-electron chi connectivity index (χ2n) is 5.35. The van der Waals surface area contributed by atoms with Gasteiger partial charge in [-0.1, -0.05) is 53.0 Å². The Kier molecular flexibility index (Phi) is 7.08. The molecule has 8 heteroatoms. The van der Waals surface area contributed by atoms with Gasteiger partial charge in [-0.15, -0.1) is 0 Å². The number of rotatable bonds is 6. The Hall–Kier alpha value is -1.79. The average Bonchev–Trinajstić information content (AvgIpc) is 2.53. The van der Waals surface area contributed by atoms with Crippen LogP contribution in [0.3, 0.4) is 0 Å². The van der Waals surface area contributed by atoms with Gasteiger partial charge >= 0.3 is 0 Å². The van der Waals surface area contributed by atoms with Crippen molar-refractivity contribution in [3.63, 3.8) is 0 Å². The Morgan fingerprint density at radius 3 is 1.96 bits per heavy atom. The number of carbonyl (C=O) groups is 2. The van der Waals surface area contributed by atoms with Crippen LogP contribution in [0.15, 0.2) is 42.5 Å². The normalized spacial score (nSPS) is 10.6. The molecule has 0 saturated heterocycles. The molecule has 2 N–H and O–H groups in total. The fraction of sp³-hybridized carbons (Fsp3) is 0.176. The predicted molar refractivity (Wildman–Crippen MR) is 103 cm³/mol. The lowest BCUT2D eigenvalue weighted by atomic mass is 10.3. The van der Waals surface area contributed by atoms with Crippen LogP contribution in [0.5, 0.6) is 0 Å². The van der Waals surface area contributed by atoms with Crippen molar-refractivity contribution in [3.05, 3.63) is 57.5 Å². The molecule has 25 heavy (non-hydrogen) atoms. The summed E-state index contributed by atoms with van der Waals surface area (Å²) in [6.07, 6.45) is 0. The Balaban J connectivity index is 1.87. The number of para-hydroxylation sites is 2. The lowest BCUT2D eigenvalue weighted by Crippen LogP contribution is -2.36. The number of nitrogens with zero attached hydrogens (tertiary/aromatic N) is 1. The Bertz CT molecular complexity index is 763. The molecule has 0 aliphatic rings. The van der Waals surface area contributed by atoms with Crippen LogP contribution in [0.2, 0.25) is 15.1 Å². The van der Waals surface area contributed by atoms with Crippen molar-refractivity contribution >= 4 is 58.0 Å². The van der Waals surface area contributed by atoms with E-state index in [1.165, 1.54) is 0 Å². The zero-order valence-corrected chi connectivity index (χ0v) is 15.6. The van der Waals surface area contributed by atoms with E-state index in [0.29, 0.717) is 26.4 Å². The number of hydrogen-bond acceptors (Lipinski definition) is 3. The van der Waals surface area contributed by atoms with Gasteiger partial charge in [0.1, 0.15) is 0 Å². The van der Waals surface area contributed by atoms with Gasteiger partial charge in [0.25, 0.3) is 0 Å². The first-order chi connectivity index (χ1) is 11.9. The van der Waals surface area contributed by atoms with Gasteiger partial charge in [0, 0.05) is 0 Å². The smallest absolute Gasteiger partial charge is 0.238 e. The van der Waals surface area contributed by atoms with Crippen LogP contribution in [-0.4, -0.2) is 36.9 Å². The standard InChI is InChI=1S/C17H16Cl3N3O2/c1-23(9-15(24)21-14-8-3-2-5-11(14)18)10-16(25)22-17-12(19)6-4-7-13(17)20/h2-8H,9-10H2,1H3,(H,21,24)(H,22,25). The molecule has 0 heterocycles. The molecule has 0 aliphatic heterocycles. The molecule has 0 bridgehead atoms. The fourth-order valence-electron chi connectivity index (χ4n) is 2.09. The first-order valence-corrected chi connectivity index (χ1v) is 8.47. The van der Waals surface area contributed by atoms with Crippen molar-refractivity contribution < 1.29 is 9.59 Å². The highest BCUT2D eigenvalue weighted by Crippen LogP contribution is 2.29. The minimum atomic E-state index is -0.331. The quantitative estimate of drug-likeness (QED) is 0.765. The average molecular weight is 401 g/mol. The SMILES string of the molecule is CN(CC(=O)Nc1ccccc1Cl)CC(=O)Nc1c(Cl)cccc1Cl. The largest absolute Gasteiger partial charge is 0.324 e. The molecule has 2 rings (SSSR count). The van der Waals surface area contributed by atoms with Gasteiger partial charge in [-0.05, 0) is 31.3 Å². The predicted octanol–water partition coefficient (Wildman–Crippen LogP) is 4.16. The van der Waals surface area contributed by atoms with Gasteiger partial charge in [0.2, 0.25) is 11.8 Å². The number of carbonyl (C=O) groups excluding carboxylic acids is 2. The first kappa shape index (κ1) is 19.5. The maximum atomic E-state index is 12.1. The van der Waals surface area contributed by atoms with Crippen molar-refractivity contribution in [2.24, 2.45) is 0 Å². The lowest BCUT2D eigenvalue weighted by molar-refractivity contribution is -0.119. The highest BCUT2D eigenvalue weighted by Gasteiger charge is 2.14. The van der Waals surface area contributed by atoms with Gasteiger partial charge in [-0.25, -0.2) is 0 Å². The van der Waals surface area contributed by atoms with E-state index in [4.69, 9.17) is 34.8 Å². The molecule has 0 unspecified atom stereocenters. The second-order valence-corrected chi connectivity index (χ2v) is 6.57. The number of anilines is 2. The molecule has 2 amide bonds. The number of likely N-dealkylation sites (N-methyl/N-ethyl adjacent to an activating group) is 1. The van der Waals surface area contributed by atoms with Crippen molar-refractivity contribution in [3.8, 4) is 0 Å². The molecule has 0 aromatic heterocycles. The minimum absolute atomic E-state index is 0.00249. The molecule has 0 atom stereocenters. The van der Waals surface area contributed by atoms with E-state index in [1.54, 1.807) is 54.4 Å². The Morgan fingerprint density at radius 1 is 0.840 bits per heavy atom. The maximum absolute atomic E-state index is 12.1. The van der Waals surface area contributed by atoms with Gasteiger partial charge in [0.05, 0.1) is 39.5 Å². The number of amides is 2. The minimum Gasteiger partial charge on any atom is -0.324 e. The van der Waals surface area contributed by atoms with Gasteiger partial charge < -0.3 is 10.6 Å². The van der Waals surface area contributed by atoms with E-state index >= 15 is 0 Å². The monoisotopic (exact) mass is 399 g/mol. The first-order valence-electron chi connectivity index (χ1n) is 7.33. The molecule has 132 valence electrons.